The van der Waals surface area contributed by atoms with Crippen molar-refractivity contribution in [2.45, 2.75) is 45.0 Å². The van der Waals surface area contributed by atoms with Crippen molar-refractivity contribution in [1.82, 2.24) is 10.2 Å². The van der Waals surface area contributed by atoms with E-state index in [2.05, 4.69) is 42.4 Å². The van der Waals surface area contributed by atoms with Crippen LogP contribution in [0.1, 0.15) is 40.7 Å². The van der Waals surface area contributed by atoms with Crippen LogP contribution in [0.2, 0.25) is 0 Å². The largest absolute Gasteiger partial charge is 0.496 e. The van der Waals surface area contributed by atoms with Gasteiger partial charge in [-0.2, -0.15) is 4.99 Å². The van der Waals surface area contributed by atoms with E-state index in [1.54, 1.807) is 18.9 Å². The highest BCUT2D eigenvalue weighted by Crippen LogP contribution is 2.36. The highest BCUT2D eigenvalue weighted by atomic mass is 32.2. The lowest BCUT2D eigenvalue weighted by Gasteiger charge is -2.31. The van der Waals surface area contributed by atoms with Crippen LogP contribution in [0, 0.1) is 13.8 Å². The Bertz CT molecular complexity index is 1450. The van der Waals surface area contributed by atoms with Gasteiger partial charge in [0, 0.05) is 29.8 Å². The lowest BCUT2D eigenvalue weighted by atomic mass is 10.1. The number of amidine groups is 2. The number of aliphatic imine (C=N–C) groups is 2. The standard InChI is InChI=1S/C30H30N4O3S/c1-19-12-13-22(20(2)16-19)18-38-30-32-24-10-6-5-9-23(24)28-33-29(36)25(34(28)30)14-15-27(35)31-17-21-8-4-7-11-26(21)37-3/h4-13,16,25H,14-15,17-18H2,1-3H3,(H,31,35). The van der Waals surface area contributed by atoms with Gasteiger partial charge in [-0.1, -0.05) is 65.9 Å². The Hall–Kier alpha value is -3.91. The number of thioether (sulfide) groups is 1. The van der Waals surface area contributed by atoms with E-state index in [1.807, 2.05) is 53.4 Å². The Morgan fingerprint density at radius 1 is 1.03 bits per heavy atom. The SMILES string of the molecule is COc1ccccc1CNC(=O)CCC1C(=O)N=C2c3ccccc3N=C(SCc3ccc(C)cc3C)N21. The quantitative estimate of drug-likeness (QED) is 0.431. The van der Waals surface area contributed by atoms with Gasteiger partial charge in [0.2, 0.25) is 5.91 Å². The van der Waals surface area contributed by atoms with Gasteiger partial charge < -0.3 is 10.1 Å². The Labute approximate surface area is 227 Å². The summed E-state index contributed by atoms with van der Waals surface area (Å²) < 4.78 is 5.37. The van der Waals surface area contributed by atoms with Crippen LogP contribution in [-0.2, 0) is 21.9 Å². The number of rotatable bonds is 8. The average Bonchev–Trinajstić information content (AvgIpc) is 3.26. The van der Waals surface area contributed by atoms with Crippen LogP contribution in [0.4, 0.5) is 5.69 Å². The lowest BCUT2D eigenvalue weighted by molar-refractivity contribution is -0.122. The molecule has 3 aromatic carbocycles. The molecule has 38 heavy (non-hydrogen) atoms. The van der Waals surface area contributed by atoms with Crippen molar-refractivity contribution in [2.24, 2.45) is 9.98 Å². The Morgan fingerprint density at radius 3 is 2.63 bits per heavy atom. The van der Waals surface area contributed by atoms with Crippen molar-refractivity contribution in [3.05, 3.63) is 94.5 Å². The number of aryl methyl sites for hydroxylation is 2. The summed E-state index contributed by atoms with van der Waals surface area (Å²) in [6.45, 7) is 4.56. The number of benzene rings is 3. The van der Waals surface area contributed by atoms with Gasteiger partial charge in [-0.3, -0.25) is 14.5 Å². The van der Waals surface area contributed by atoms with E-state index in [1.165, 1.54) is 16.7 Å². The number of nitrogens with one attached hydrogen (secondary N) is 1. The van der Waals surface area contributed by atoms with E-state index in [-0.39, 0.29) is 18.2 Å². The molecule has 2 aliphatic rings. The third-order valence-corrected chi connectivity index (χ3v) is 7.78. The first-order valence-corrected chi connectivity index (χ1v) is 13.6. The summed E-state index contributed by atoms with van der Waals surface area (Å²) in [5.41, 5.74) is 6.20. The molecule has 2 heterocycles. The number of amides is 2. The fraction of sp³-hybridized carbons (Fsp3) is 0.267. The van der Waals surface area contributed by atoms with E-state index >= 15 is 0 Å². The normalized spacial score (nSPS) is 15.9. The zero-order valence-corrected chi connectivity index (χ0v) is 22.5. The molecule has 2 aliphatic heterocycles. The predicted molar refractivity (Wildman–Crippen MR) is 152 cm³/mol. The maximum Gasteiger partial charge on any atom is 0.270 e. The van der Waals surface area contributed by atoms with Gasteiger partial charge in [0.05, 0.1) is 12.8 Å². The number of methoxy groups -OCH3 is 1. The number of carbonyl (C=O) groups excluding carboxylic acids is 2. The van der Waals surface area contributed by atoms with Crippen LogP contribution in [0.5, 0.6) is 5.75 Å². The number of hydrogen-bond acceptors (Lipinski definition) is 6. The predicted octanol–water partition coefficient (Wildman–Crippen LogP) is 5.30. The molecule has 0 radical (unpaired) electrons. The summed E-state index contributed by atoms with van der Waals surface area (Å²) in [5, 5.41) is 3.68. The molecule has 0 spiro atoms. The van der Waals surface area contributed by atoms with E-state index in [0.29, 0.717) is 18.8 Å². The third kappa shape index (κ3) is 5.36. The lowest BCUT2D eigenvalue weighted by Crippen LogP contribution is -2.44. The molecule has 0 fully saturated rings. The van der Waals surface area contributed by atoms with Gasteiger partial charge in [0.15, 0.2) is 5.17 Å². The minimum atomic E-state index is -0.569. The second-order valence-corrected chi connectivity index (χ2v) is 10.4. The second kappa shape index (κ2) is 11.2. The maximum absolute atomic E-state index is 13.1. The fourth-order valence-corrected chi connectivity index (χ4v) is 5.85. The minimum Gasteiger partial charge on any atom is -0.496 e. The number of nitrogens with zero attached hydrogens (tertiary/aromatic N) is 3. The second-order valence-electron chi connectivity index (χ2n) is 9.42. The first-order valence-electron chi connectivity index (χ1n) is 12.6. The zero-order chi connectivity index (χ0) is 26.6. The molecule has 2 amide bonds. The van der Waals surface area contributed by atoms with Crippen LogP contribution < -0.4 is 10.1 Å². The van der Waals surface area contributed by atoms with Gasteiger partial charge >= 0.3 is 0 Å². The van der Waals surface area contributed by atoms with E-state index in [0.717, 1.165) is 33.5 Å². The summed E-state index contributed by atoms with van der Waals surface area (Å²) >= 11 is 1.59. The highest BCUT2D eigenvalue weighted by Gasteiger charge is 2.41. The number of ether oxygens (including phenoxy) is 1. The molecule has 1 unspecified atom stereocenters. The van der Waals surface area contributed by atoms with Gasteiger partial charge in [0.1, 0.15) is 17.6 Å². The fourth-order valence-electron chi connectivity index (χ4n) is 4.73. The molecule has 1 atom stereocenters. The van der Waals surface area contributed by atoms with E-state index < -0.39 is 6.04 Å². The number of para-hydroxylation sites is 2. The first-order chi connectivity index (χ1) is 18.4. The first kappa shape index (κ1) is 25.7. The molecule has 0 bridgehead atoms. The summed E-state index contributed by atoms with van der Waals surface area (Å²) in [4.78, 5) is 37.1. The molecule has 0 aromatic heterocycles. The van der Waals surface area contributed by atoms with Crippen LogP contribution in [0.15, 0.2) is 76.7 Å². The van der Waals surface area contributed by atoms with Crippen LogP contribution in [0.3, 0.4) is 0 Å². The zero-order valence-electron chi connectivity index (χ0n) is 21.7. The Morgan fingerprint density at radius 2 is 1.82 bits per heavy atom. The molecular formula is C30H30N4O3S. The number of hydrogen-bond donors (Lipinski definition) is 1. The average molecular weight is 527 g/mol. The summed E-state index contributed by atoms with van der Waals surface area (Å²) in [7, 11) is 1.61. The molecule has 194 valence electrons. The number of fused-ring (bicyclic) bond motifs is 3. The van der Waals surface area contributed by atoms with Crippen LogP contribution in [-0.4, -0.2) is 40.9 Å². The van der Waals surface area contributed by atoms with Crippen molar-refractivity contribution in [2.75, 3.05) is 7.11 Å². The van der Waals surface area contributed by atoms with Gasteiger partial charge in [0.25, 0.3) is 5.91 Å². The third-order valence-electron chi connectivity index (χ3n) is 6.78. The van der Waals surface area contributed by atoms with Gasteiger partial charge in [-0.05, 0) is 49.6 Å². The molecule has 7 nitrogen and oxygen atoms in total. The van der Waals surface area contributed by atoms with Crippen molar-refractivity contribution in [1.29, 1.82) is 0 Å². The molecule has 0 aliphatic carbocycles. The van der Waals surface area contributed by atoms with Crippen LogP contribution >= 0.6 is 11.8 Å². The molecule has 5 rings (SSSR count). The molecule has 1 N–H and O–H groups in total. The molecule has 0 saturated heterocycles. The molecule has 8 heteroatoms. The van der Waals surface area contributed by atoms with E-state index in [9.17, 15) is 9.59 Å². The molecule has 0 saturated carbocycles. The topological polar surface area (TPSA) is 83.4 Å². The van der Waals surface area contributed by atoms with Crippen molar-refractivity contribution < 1.29 is 14.3 Å². The van der Waals surface area contributed by atoms with Crippen molar-refractivity contribution >= 4 is 40.3 Å². The van der Waals surface area contributed by atoms with Crippen molar-refractivity contribution in [3.8, 4) is 5.75 Å². The summed E-state index contributed by atoms with van der Waals surface area (Å²) in [6.07, 6.45) is 0.538. The van der Waals surface area contributed by atoms with Gasteiger partial charge in [-0.25, -0.2) is 4.99 Å². The van der Waals surface area contributed by atoms with E-state index in [4.69, 9.17) is 9.73 Å². The smallest absolute Gasteiger partial charge is 0.270 e. The molecular weight excluding hydrogens is 496 g/mol. The molecule has 3 aromatic rings. The van der Waals surface area contributed by atoms with Gasteiger partial charge in [-0.15, -0.1) is 0 Å². The van der Waals surface area contributed by atoms with Crippen LogP contribution in [0.25, 0.3) is 0 Å². The summed E-state index contributed by atoms with van der Waals surface area (Å²) in [5.74, 6) is 1.69. The summed E-state index contributed by atoms with van der Waals surface area (Å²) in [6, 6.07) is 21.2. The monoisotopic (exact) mass is 526 g/mol. The number of carbonyl (C=O) groups is 2. The Balaban J connectivity index is 1.31. The highest BCUT2D eigenvalue weighted by molar-refractivity contribution is 8.13. The van der Waals surface area contributed by atoms with Crippen molar-refractivity contribution in [3.63, 3.8) is 0 Å². The minimum absolute atomic E-state index is 0.129. The Kier molecular flexibility index (Phi) is 7.60. The maximum atomic E-state index is 13.1.